The molecule has 0 fully saturated rings. The van der Waals surface area contributed by atoms with Crippen LogP contribution in [0.4, 0.5) is 19.0 Å². The van der Waals surface area contributed by atoms with E-state index in [0.29, 0.717) is 5.88 Å². The third-order valence-corrected chi connectivity index (χ3v) is 3.00. The van der Waals surface area contributed by atoms with Gasteiger partial charge in [0.05, 0.1) is 0 Å². The van der Waals surface area contributed by atoms with Crippen LogP contribution in [0.25, 0.3) is 0 Å². The number of halogens is 4. The van der Waals surface area contributed by atoms with Gasteiger partial charge in [0.25, 0.3) is 0 Å². The lowest BCUT2D eigenvalue weighted by Gasteiger charge is -2.20. The van der Waals surface area contributed by atoms with Gasteiger partial charge < -0.3 is 5.32 Å². The molecule has 1 aromatic heterocycles. The van der Waals surface area contributed by atoms with Crippen molar-refractivity contribution in [3.63, 3.8) is 0 Å². The van der Waals surface area contributed by atoms with Crippen LogP contribution in [0.5, 0.6) is 0 Å². The Morgan fingerprint density at radius 2 is 2.00 bits per heavy atom. The molecule has 0 aliphatic carbocycles. The Morgan fingerprint density at radius 1 is 1.35 bits per heavy atom. The molecule has 1 N–H and O–H groups in total. The van der Waals surface area contributed by atoms with E-state index in [4.69, 9.17) is 11.6 Å². The smallest absolute Gasteiger partial charge is 0.367 e. The van der Waals surface area contributed by atoms with E-state index in [9.17, 15) is 13.2 Å². The Morgan fingerprint density at radius 3 is 2.53 bits per heavy atom. The molecule has 6 heteroatoms. The minimum Gasteiger partial charge on any atom is -0.367 e. The lowest BCUT2D eigenvalue weighted by atomic mass is 10.1. The molecular formula is C11H14ClF3N2. The fourth-order valence-electron chi connectivity index (χ4n) is 1.18. The van der Waals surface area contributed by atoms with Crippen molar-refractivity contribution in [3.8, 4) is 0 Å². The number of aromatic nitrogens is 1. The van der Waals surface area contributed by atoms with E-state index in [-0.39, 0.29) is 17.8 Å². The van der Waals surface area contributed by atoms with Crippen molar-refractivity contribution in [1.82, 2.24) is 4.98 Å². The third-order valence-electron chi connectivity index (χ3n) is 2.51. The predicted molar refractivity (Wildman–Crippen MR) is 62.2 cm³/mol. The second kappa shape index (κ2) is 5.58. The summed E-state index contributed by atoms with van der Waals surface area (Å²) in [5.41, 5.74) is -0.895. The fourth-order valence-corrected chi connectivity index (χ4v) is 1.45. The second-order valence-corrected chi connectivity index (χ2v) is 4.28. The molecule has 0 aliphatic heterocycles. The minimum absolute atomic E-state index is 0.0384. The first kappa shape index (κ1) is 14.1. The van der Waals surface area contributed by atoms with Crippen molar-refractivity contribution in [2.24, 2.45) is 5.92 Å². The van der Waals surface area contributed by atoms with Crippen molar-refractivity contribution < 1.29 is 13.2 Å². The van der Waals surface area contributed by atoms with Crippen LogP contribution in [0.15, 0.2) is 18.2 Å². The van der Waals surface area contributed by atoms with Gasteiger partial charge in [-0.2, -0.15) is 13.2 Å². The zero-order chi connectivity index (χ0) is 13.1. The molecule has 1 rings (SSSR count). The number of anilines is 1. The maximum atomic E-state index is 12.4. The molecule has 0 amide bonds. The van der Waals surface area contributed by atoms with Gasteiger partial charge in [0.1, 0.15) is 11.5 Å². The van der Waals surface area contributed by atoms with E-state index in [2.05, 4.69) is 10.3 Å². The molecular weight excluding hydrogens is 253 g/mol. The average molecular weight is 267 g/mol. The van der Waals surface area contributed by atoms with Crippen LogP contribution >= 0.6 is 11.6 Å². The first-order chi connectivity index (χ1) is 7.84. The first-order valence-corrected chi connectivity index (χ1v) is 5.74. The summed E-state index contributed by atoms with van der Waals surface area (Å²) in [6.45, 7) is 3.77. The van der Waals surface area contributed by atoms with Crippen LogP contribution in [-0.4, -0.2) is 16.9 Å². The summed E-state index contributed by atoms with van der Waals surface area (Å²) in [5.74, 6) is 0.796. The van der Waals surface area contributed by atoms with Gasteiger partial charge in [-0.05, 0) is 25.0 Å². The van der Waals surface area contributed by atoms with Gasteiger partial charge in [0, 0.05) is 11.9 Å². The van der Waals surface area contributed by atoms with Gasteiger partial charge in [-0.15, -0.1) is 11.6 Å². The monoisotopic (exact) mass is 266 g/mol. The molecule has 0 bridgehead atoms. The maximum Gasteiger partial charge on any atom is 0.433 e. The van der Waals surface area contributed by atoms with Gasteiger partial charge in [-0.1, -0.05) is 13.0 Å². The van der Waals surface area contributed by atoms with Gasteiger partial charge >= 0.3 is 6.18 Å². The SMILES string of the molecule is CC(CCl)C(C)Nc1cccc(C(F)(F)F)n1. The van der Waals surface area contributed by atoms with Crippen molar-refractivity contribution in [2.75, 3.05) is 11.2 Å². The largest absolute Gasteiger partial charge is 0.433 e. The van der Waals surface area contributed by atoms with E-state index in [1.54, 1.807) is 0 Å². The summed E-state index contributed by atoms with van der Waals surface area (Å²) >= 11 is 5.68. The van der Waals surface area contributed by atoms with E-state index in [0.717, 1.165) is 6.07 Å². The van der Waals surface area contributed by atoms with E-state index in [1.165, 1.54) is 12.1 Å². The van der Waals surface area contributed by atoms with Gasteiger partial charge in [-0.3, -0.25) is 0 Å². The third kappa shape index (κ3) is 4.07. The summed E-state index contributed by atoms with van der Waals surface area (Å²) in [6, 6.07) is 3.74. The highest BCUT2D eigenvalue weighted by Gasteiger charge is 2.32. The van der Waals surface area contributed by atoms with Crippen molar-refractivity contribution in [2.45, 2.75) is 26.1 Å². The zero-order valence-corrected chi connectivity index (χ0v) is 10.3. The lowest BCUT2D eigenvalue weighted by molar-refractivity contribution is -0.141. The quantitative estimate of drug-likeness (QED) is 0.839. The van der Waals surface area contributed by atoms with Crippen molar-refractivity contribution in [3.05, 3.63) is 23.9 Å². The zero-order valence-electron chi connectivity index (χ0n) is 9.55. The Hall–Kier alpha value is -0.970. The molecule has 17 heavy (non-hydrogen) atoms. The molecule has 0 aromatic carbocycles. The van der Waals surface area contributed by atoms with Crippen LogP contribution in [0.1, 0.15) is 19.5 Å². The van der Waals surface area contributed by atoms with E-state index < -0.39 is 11.9 Å². The molecule has 96 valence electrons. The van der Waals surface area contributed by atoms with Crippen LogP contribution in [-0.2, 0) is 6.18 Å². The summed E-state index contributed by atoms with van der Waals surface area (Å²) < 4.78 is 37.3. The maximum absolute atomic E-state index is 12.4. The highest BCUT2D eigenvalue weighted by atomic mass is 35.5. The van der Waals surface area contributed by atoms with Crippen LogP contribution in [0, 0.1) is 5.92 Å². The second-order valence-electron chi connectivity index (χ2n) is 3.97. The molecule has 0 radical (unpaired) electrons. The highest BCUT2D eigenvalue weighted by Crippen LogP contribution is 2.28. The molecule has 0 aliphatic rings. The Labute approximate surface area is 103 Å². The molecule has 2 nitrogen and oxygen atoms in total. The first-order valence-electron chi connectivity index (χ1n) is 5.21. The Kier molecular flexibility index (Phi) is 4.62. The molecule has 2 unspecified atom stereocenters. The number of nitrogens with one attached hydrogen (secondary N) is 1. The van der Waals surface area contributed by atoms with Gasteiger partial charge in [-0.25, -0.2) is 4.98 Å². The molecule has 1 heterocycles. The molecule has 2 atom stereocenters. The summed E-state index contributed by atoms with van der Waals surface area (Å²) in [6.07, 6.45) is -4.42. The van der Waals surface area contributed by atoms with Crippen LogP contribution in [0.3, 0.4) is 0 Å². The highest BCUT2D eigenvalue weighted by molar-refractivity contribution is 6.18. The normalized spacial score (nSPS) is 15.4. The standard InChI is InChI=1S/C11H14ClF3N2/c1-7(6-12)8(2)16-10-5-3-4-9(17-10)11(13,14)15/h3-5,7-8H,6H2,1-2H3,(H,16,17). The van der Waals surface area contributed by atoms with E-state index >= 15 is 0 Å². The minimum atomic E-state index is -4.42. The molecule has 0 saturated heterocycles. The summed E-state index contributed by atoms with van der Waals surface area (Å²) in [7, 11) is 0. The molecule has 1 aromatic rings. The van der Waals surface area contributed by atoms with E-state index in [1.807, 2.05) is 13.8 Å². The Bertz CT molecular complexity index is 368. The number of hydrogen-bond acceptors (Lipinski definition) is 2. The lowest BCUT2D eigenvalue weighted by Crippen LogP contribution is -2.25. The molecule has 0 saturated carbocycles. The number of alkyl halides is 4. The number of pyridine rings is 1. The number of nitrogens with zero attached hydrogens (tertiary/aromatic N) is 1. The topological polar surface area (TPSA) is 24.9 Å². The summed E-state index contributed by atoms with van der Waals surface area (Å²) in [4.78, 5) is 3.52. The summed E-state index contributed by atoms with van der Waals surface area (Å²) in [5, 5.41) is 2.91. The number of hydrogen-bond donors (Lipinski definition) is 1. The number of rotatable bonds is 4. The molecule has 0 spiro atoms. The average Bonchev–Trinajstić information content (AvgIpc) is 2.27. The van der Waals surface area contributed by atoms with Crippen molar-refractivity contribution >= 4 is 17.4 Å². The van der Waals surface area contributed by atoms with Gasteiger partial charge in [0.15, 0.2) is 0 Å². The fraction of sp³-hybridized carbons (Fsp3) is 0.545. The van der Waals surface area contributed by atoms with Gasteiger partial charge in [0.2, 0.25) is 0 Å². The Balaban J connectivity index is 2.79. The predicted octanol–water partition coefficient (Wildman–Crippen LogP) is 3.78. The van der Waals surface area contributed by atoms with Crippen LogP contribution in [0.2, 0.25) is 0 Å². The van der Waals surface area contributed by atoms with Crippen molar-refractivity contribution in [1.29, 1.82) is 0 Å². The van der Waals surface area contributed by atoms with Crippen LogP contribution < -0.4 is 5.32 Å².